The minimum absolute atomic E-state index is 0.0888. The largest absolute Gasteiger partial charge is 0.480 e. The average molecular weight is 253 g/mol. The Hall–Kier alpha value is -2.18. The summed E-state index contributed by atoms with van der Waals surface area (Å²) >= 11 is 0. The van der Waals surface area contributed by atoms with Crippen LogP contribution in [-0.2, 0) is 4.79 Å². The molecule has 0 bridgehead atoms. The lowest BCUT2D eigenvalue weighted by atomic mass is 9.99. The van der Waals surface area contributed by atoms with E-state index < -0.39 is 16.4 Å². The van der Waals surface area contributed by atoms with Crippen LogP contribution in [0, 0.1) is 17.0 Å². The third-order valence-electron chi connectivity index (χ3n) is 2.84. The maximum atomic E-state index is 11.1. The number of aliphatic carboxylic acids is 1. The first-order chi connectivity index (χ1) is 8.30. The van der Waals surface area contributed by atoms with Crippen LogP contribution in [0.1, 0.15) is 26.0 Å². The van der Waals surface area contributed by atoms with Gasteiger partial charge in [-0.2, -0.15) is 0 Å². The van der Waals surface area contributed by atoms with Gasteiger partial charge in [-0.1, -0.05) is 6.92 Å². The van der Waals surface area contributed by atoms with Gasteiger partial charge in [0.2, 0.25) is 0 Å². The Bertz CT molecular complexity index is 489. The van der Waals surface area contributed by atoms with Crippen molar-refractivity contribution in [1.82, 2.24) is 4.98 Å². The average Bonchev–Trinajstić information content (AvgIpc) is 2.28. The van der Waals surface area contributed by atoms with Gasteiger partial charge in [0.1, 0.15) is 17.1 Å². The van der Waals surface area contributed by atoms with E-state index in [1.165, 1.54) is 26.0 Å². The summed E-state index contributed by atoms with van der Waals surface area (Å²) in [4.78, 5) is 25.2. The van der Waals surface area contributed by atoms with Gasteiger partial charge in [0.05, 0.1) is 4.92 Å². The number of pyridine rings is 1. The number of nitrogens with one attached hydrogen (secondary N) is 1. The zero-order valence-corrected chi connectivity index (χ0v) is 10.4. The number of aromatic nitrogens is 1. The summed E-state index contributed by atoms with van der Waals surface area (Å²) in [6.07, 6.45) is 0.361. The number of hydrogen-bond acceptors (Lipinski definition) is 5. The molecule has 0 aliphatic carbocycles. The van der Waals surface area contributed by atoms with Gasteiger partial charge in [0.25, 0.3) is 5.69 Å². The maximum Gasteiger partial charge on any atom is 0.329 e. The Morgan fingerprint density at radius 3 is 2.61 bits per heavy atom. The first kappa shape index (κ1) is 13.9. The monoisotopic (exact) mass is 253 g/mol. The predicted molar refractivity (Wildman–Crippen MR) is 65.6 cm³/mol. The van der Waals surface area contributed by atoms with Crippen LogP contribution in [0.2, 0.25) is 0 Å². The van der Waals surface area contributed by atoms with Crippen LogP contribution < -0.4 is 5.32 Å². The lowest BCUT2D eigenvalue weighted by molar-refractivity contribution is -0.385. The van der Waals surface area contributed by atoms with E-state index in [1.54, 1.807) is 6.92 Å². The summed E-state index contributed by atoms with van der Waals surface area (Å²) < 4.78 is 0. The molecular formula is C11H15N3O4. The second-order valence-electron chi connectivity index (χ2n) is 4.17. The summed E-state index contributed by atoms with van der Waals surface area (Å²) in [6, 6.07) is 2.71. The van der Waals surface area contributed by atoms with E-state index in [9.17, 15) is 14.9 Å². The topological polar surface area (TPSA) is 105 Å². The van der Waals surface area contributed by atoms with E-state index >= 15 is 0 Å². The first-order valence-electron chi connectivity index (χ1n) is 5.44. The minimum atomic E-state index is -1.14. The Labute approximate surface area is 104 Å². The summed E-state index contributed by atoms with van der Waals surface area (Å²) in [5.74, 6) is -0.687. The molecule has 0 radical (unpaired) electrons. The van der Waals surface area contributed by atoms with Crippen LogP contribution in [-0.4, -0.2) is 26.5 Å². The van der Waals surface area contributed by atoms with Gasteiger partial charge in [-0.05, 0) is 26.3 Å². The molecule has 1 aromatic rings. The van der Waals surface area contributed by atoms with Gasteiger partial charge in [-0.15, -0.1) is 0 Å². The zero-order valence-electron chi connectivity index (χ0n) is 10.4. The van der Waals surface area contributed by atoms with Crippen molar-refractivity contribution in [2.24, 2.45) is 0 Å². The molecule has 0 spiro atoms. The fraction of sp³-hybridized carbons (Fsp3) is 0.455. The molecule has 0 aliphatic rings. The molecule has 1 heterocycles. The van der Waals surface area contributed by atoms with Crippen molar-refractivity contribution in [2.45, 2.75) is 32.7 Å². The fourth-order valence-corrected chi connectivity index (χ4v) is 1.39. The van der Waals surface area contributed by atoms with E-state index in [0.717, 1.165) is 0 Å². The molecule has 0 aliphatic heterocycles. The molecule has 7 heteroatoms. The number of hydrogen-bond donors (Lipinski definition) is 2. The van der Waals surface area contributed by atoms with Crippen molar-refractivity contribution in [2.75, 3.05) is 5.32 Å². The highest BCUT2D eigenvalue weighted by Gasteiger charge is 2.31. The van der Waals surface area contributed by atoms with E-state index in [0.29, 0.717) is 12.2 Å². The molecule has 7 nitrogen and oxygen atoms in total. The van der Waals surface area contributed by atoms with E-state index in [-0.39, 0.29) is 11.4 Å². The quantitative estimate of drug-likeness (QED) is 0.613. The van der Waals surface area contributed by atoms with Crippen LogP contribution in [0.4, 0.5) is 11.5 Å². The number of carbonyl (C=O) groups is 1. The lowest BCUT2D eigenvalue weighted by Gasteiger charge is -2.25. The van der Waals surface area contributed by atoms with Crippen LogP contribution in [0.15, 0.2) is 12.1 Å². The highest BCUT2D eigenvalue weighted by atomic mass is 16.6. The smallest absolute Gasteiger partial charge is 0.329 e. The summed E-state index contributed by atoms with van der Waals surface area (Å²) in [5.41, 5.74) is -0.988. The third kappa shape index (κ3) is 2.73. The van der Waals surface area contributed by atoms with Crippen molar-refractivity contribution in [1.29, 1.82) is 0 Å². The molecule has 18 heavy (non-hydrogen) atoms. The van der Waals surface area contributed by atoms with Crippen molar-refractivity contribution in [3.63, 3.8) is 0 Å². The highest BCUT2D eigenvalue weighted by molar-refractivity contribution is 5.81. The number of nitrogens with zero attached hydrogens (tertiary/aromatic N) is 2. The van der Waals surface area contributed by atoms with Gasteiger partial charge >= 0.3 is 5.97 Å². The van der Waals surface area contributed by atoms with E-state index in [2.05, 4.69) is 10.3 Å². The molecular weight excluding hydrogens is 238 g/mol. The second kappa shape index (κ2) is 4.99. The number of anilines is 1. The number of rotatable bonds is 5. The Balaban J connectivity index is 3.03. The third-order valence-corrected chi connectivity index (χ3v) is 2.84. The number of aryl methyl sites for hydroxylation is 1. The van der Waals surface area contributed by atoms with Crippen molar-refractivity contribution in [3.05, 3.63) is 27.9 Å². The molecule has 0 aromatic carbocycles. The summed E-state index contributed by atoms with van der Waals surface area (Å²) in [5, 5.41) is 22.5. The molecule has 1 rings (SSSR count). The maximum absolute atomic E-state index is 11.1. The summed E-state index contributed by atoms with van der Waals surface area (Å²) in [7, 11) is 0. The highest BCUT2D eigenvalue weighted by Crippen LogP contribution is 2.21. The number of carboxylic acid groups (broad SMARTS) is 1. The van der Waals surface area contributed by atoms with Crippen molar-refractivity contribution in [3.8, 4) is 0 Å². The standard InChI is InChI=1S/C11H15N3O4/c1-4-11(3,10(15)16)13-9-6-5-8(14(17)18)7(2)12-9/h5-6H,4H2,1-3H3,(H,12,13)(H,15,16). The van der Waals surface area contributed by atoms with Crippen LogP contribution >= 0.6 is 0 Å². The molecule has 98 valence electrons. The van der Waals surface area contributed by atoms with Gasteiger partial charge in [0.15, 0.2) is 0 Å². The number of carboxylic acids is 1. The molecule has 1 aromatic heterocycles. The Kier molecular flexibility index (Phi) is 3.85. The predicted octanol–water partition coefficient (Wildman–Crippen LogP) is 1.96. The zero-order chi connectivity index (χ0) is 13.9. The molecule has 0 amide bonds. The molecule has 0 fully saturated rings. The normalized spacial score (nSPS) is 13.7. The minimum Gasteiger partial charge on any atom is -0.480 e. The van der Waals surface area contributed by atoms with Gasteiger partial charge in [-0.25, -0.2) is 9.78 Å². The van der Waals surface area contributed by atoms with Gasteiger partial charge < -0.3 is 10.4 Å². The van der Waals surface area contributed by atoms with Gasteiger partial charge in [-0.3, -0.25) is 10.1 Å². The van der Waals surface area contributed by atoms with E-state index in [4.69, 9.17) is 5.11 Å². The lowest BCUT2D eigenvalue weighted by Crippen LogP contribution is -2.42. The Morgan fingerprint density at radius 2 is 2.22 bits per heavy atom. The van der Waals surface area contributed by atoms with Crippen LogP contribution in [0.3, 0.4) is 0 Å². The molecule has 1 unspecified atom stereocenters. The molecule has 0 saturated heterocycles. The van der Waals surface area contributed by atoms with Crippen LogP contribution in [0.5, 0.6) is 0 Å². The SMILES string of the molecule is CCC(C)(Nc1ccc([N+](=O)[O-])c(C)n1)C(=O)O. The molecule has 2 N–H and O–H groups in total. The Morgan fingerprint density at radius 1 is 1.61 bits per heavy atom. The van der Waals surface area contributed by atoms with Crippen molar-refractivity contribution >= 4 is 17.5 Å². The number of nitro groups is 1. The second-order valence-corrected chi connectivity index (χ2v) is 4.17. The van der Waals surface area contributed by atoms with Crippen molar-refractivity contribution < 1.29 is 14.8 Å². The van der Waals surface area contributed by atoms with E-state index in [1.807, 2.05) is 0 Å². The summed E-state index contributed by atoms with van der Waals surface area (Å²) in [6.45, 7) is 4.78. The fourth-order valence-electron chi connectivity index (χ4n) is 1.39. The molecule has 0 saturated carbocycles. The van der Waals surface area contributed by atoms with Gasteiger partial charge in [0, 0.05) is 6.07 Å². The first-order valence-corrected chi connectivity index (χ1v) is 5.44. The van der Waals surface area contributed by atoms with Crippen LogP contribution in [0.25, 0.3) is 0 Å². The molecule has 1 atom stereocenters.